The largest absolute Gasteiger partial charge is 0.383 e. The van der Waals surface area contributed by atoms with Crippen molar-refractivity contribution >= 4 is 21.4 Å². The molecule has 1 aromatic heterocycles. The van der Waals surface area contributed by atoms with E-state index < -0.39 is 10.0 Å². The Balaban J connectivity index is 2.75. The lowest BCUT2D eigenvalue weighted by Crippen LogP contribution is -2.35. The SMILES string of the molecule is CNCc1csc(S(=O)(=O)NC(C)COC)c1. The van der Waals surface area contributed by atoms with Crippen LogP contribution in [0.5, 0.6) is 0 Å². The van der Waals surface area contributed by atoms with Crippen LogP contribution in [0.1, 0.15) is 12.5 Å². The molecule has 98 valence electrons. The Bertz CT molecular complexity index is 442. The summed E-state index contributed by atoms with van der Waals surface area (Å²) >= 11 is 1.23. The molecular formula is C10H18N2O3S2. The summed E-state index contributed by atoms with van der Waals surface area (Å²) in [6.45, 7) is 2.79. The molecule has 1 atom stereocenters. The van der Waals surface area contributed by atoms with Crippen LogP contribution in [0, 0.1) is 0 Å². The summed E-state index contributed by atoms with van der Waals surface area (Å²) in [5, 5.41) is 4.82. The number of rotatable bonds is 7. The fourth-order valence-corrected chi connectivity index (χ4v) is 3.85. The van der Waals surface area contributed by atoms with Gasteiger partial charge in [-0.15, -0.1) is 11.3 Å². The van der Waals surface area contributed by atoms with E-state index in [1.54, 1.807) is 20.1 Å². The quantitative estimate of drug-likeness (QED) is 0.773. The summed E-state index contributed by atoms with van der Waals surface area (Å²) in [5.74, 6) is 0. The van der Waals surface area contributed by atoms with Crippen LogP contribution in [0.2, 0.25) is 0 Å². The topological polar surface area (TPSA) is 67.4 Å². The summed E-state index contributed by atoms with van der Waals surface area (Å²) in [7, 11) is -0.0517. The number of hydrogen-bond donors (Lipinski definition) is 2. The van der Waals surface area contributed by atoms with E-state index in [1.165, 1.54) is 11.3 Å². The summed E-state index contributed by atoms with van der Waals surface area (Å²) in [6.07, 6.45) is 0. The predicted molar refractivity (Wildman–Crippen MR) is 68.7 cm³/mol. The molecule has 0 fully saturated rings. The molecule has 0 amide bonds. The van der Waals surface area contributed by atoms with Crippen LogP contribution in [0.15, 0.2) is 15.7 Å². The lowest BCUT2D eigenvalue weighted by Gasteiger charge is -2.11. The number of sulfonamides is 1. The maximum Gasteiger partial charge on any atom is 0.250 e. The Morgan fingerprint density at radius 1 is 1.53 bits per heavy atom. The van der Waals surface area contributed by atoms with E-state index in [-0.39, 0.29) is 6.04 Å². The first-order chi connectivity index (χ1) is 7.99. The van der Waals surface area contributed by atoms with E-state index in [0.29, 0.717) is 17.4 Å². The number of hydrogen-bond acceptors (Lipinski definition) is 5. The Hall–Kier alpha value is -0.470. The zero-order chi connectivity index (χ0) is 12.9. The van der Waals surface area contributed by atoms with Gasteiger partial charge in [-0.2, -0.15) is 0 Å². The predicted octanol–water partition coefficient (Wildman–Crippen LogP) is 0.781. The Morgan fingerprint density at radius 2 is 2.24 bits per heavy atom. The van der Waals surface area contributed by atoms with Gasteiger partial charge in [-0.3, -0.25) is 0 Å². The van der Waals surface area contributed by atoms with Crippen molar-refractivity contribution in [3.05, 3.63) is 17.0 Å². The monoisotopic (exact) mass is 278 g/mol. The second-order valence-corrected chi connectivity index (χ2v) is 6.63. The number of thiophene rings is 1. The zero-order valence-electron chi connectivity index (χ0n) is 10.2. The van der Waals surface area contributed by atoms with E-state index in [0.717, 1.165) is 5.56 Å². The summed E-state index contributed by atoms with van der Waals surface area (Å²) in [6, 6.07) is 1.45. The van der Waals surface area contributed by atoms with Crippen molar-refractivity contribution in [1.82, 2.24) is 10.0 Å². The van der Waals surface area contributed by atoms with Crippen LogP contribution in [0.25, 0.3) is 0 Å². The first-order valence-corrected chi connectivity index (χ1v) is 7.59. The highest BCUT2D eigenvalue weighted by atomic mass is 32.2. The molecule has 0 aliphatic carbocycles. The third-order valence-corrected chi connectivity index (χ3v) is 5.13. The Labute approximate surface area is 106 Å². The van der Waals surface area contributed by atoms with Crippen molar-refractivity contribution < 1.29 is 13.2 Å². The van der Waals surface area contributed by atoms with Crippen LogP contribution < -0.4 is 10.0 Å². The van der Waals surface area contributed by atoms with Gasteiger partial charge in [0.15, 0.2) is 0 Å². The van der Waals surface area contributed by atoms with Crippen molar-refractivity contribution in [3.63, 3.8) is 0 Å². The van der Waals surface area contributed by atoms with Gasteiger partial charge in [-0.05, 0) is 31.0 Å². The molecule has 5 nitrogen and oxygen atoms in total. The van der Waals surface area contributed by atoms with Gasteiger partial charge in [0.05, 0.1) is 6.61 Å². The third kappa shape index (κ3) is 4.36. The van der Waals surface area contributed by atoms with Crippen molar-refractivity contribution in [1.29, 1.82) is 0 Å². The molecule has 7 heteroatoms. The van der Waals surface area contributed by atoms with E-state index in [4.69, 9.17) is 4.74 Å². The van der Waals surface area contributed by atoms with Gasteiger partial charge in [-0.25, -0.2) is 13.1 Å². The lowest BCUT2D eigenvalue weighted by molar-refractivity contribution is 0.180. The minimum absolute atomic E-state index is 0.236. The summed E-state index contributed by atoms with van der Waals surface area (Å²) < 4.78 is 31.7. The standard InChI is InChI=1S/C10H18N2O3S2/c1-8(6-15-3)12-17(13,14)10-4-9(5-11-2)7-16-10/h4,7-8,11-12H,5-6H2,1-3H3. The number of ether oxygens (including phenoxy) is 1. The first-order valence-electron chi connectivity index (χ1n) is 5.23. The molecule has 0 saturated carbocycles. The molecule has 2 N–H and O–H groups in total. The van der Waals surface area contributed by atoms with E-state index in [2.05, 4.69) is 10.0 Å². The molecule has 0 saturated heterocycles. The minimum Gasteiger partial charge on any atom is -0.383 e. The second-order valence-electron chi connectivity index (χ2n) is 3.78. The fraction of sp³-hybridized carbons (Fsp3) is 0.600. The summed E-state index contributed by atoms with van der Waals surface area (Å²) in [4.78, 5) is 0. The molecule has 1 aromatic rings. The van der Waals surface area contributed by atoms with E-state index >= 15 is 0 Å². The molecule has 1 heterocycles. The van der Waals surface area contributed by atoms with Crippen LogP contribution >= 0.6 is 11.3 Å². The molecule has 0 spiro atoms. The normalized spacial score (nSPS) is 13.8. The second kappa shape index (κ2) is 6.46. The van der Waals surface area contributed by atoms with Crippen LogP contribution in [-0.4, -0.2) is 35.2 Å². The minimum atomic E-state index is -3.42. The highest BCUT2D eigenvalue weighted by Gasteiger charge is 2.19. The van der Waals surface area contributed by atoms with Crippen LogP contribution in [0.3, 0.4) is 0 Å². The number of methoxy groups -OCH3 is 1. The van der Waals surface area contributed by atoms with E-state index in [9.17, 15) is 8.42 Å². The van der Waals surface area contributed by atoms with Gasteiger partial charge in [0.1, 0.15) is 4.21 Å². The van der Waals surface area contributed by atoms with Crippen molar-refractivity contribution in [2.75, 3.05) is 20.8 Å². The fourth-order valence-electron chi connectivity index (χ4n) is 1.40. The van der Waals surface area contributed by atoms with Gasteiger partial charge >= 0.3 is 0 Å². The molecule has 17 heavy (non-hydrogen) atoms. The third-order valence-electron chi connectivity index (χ3n) is 2.05. The van der Waals surface area contributed by atoms with Gasteiger partial charge in [0, 0.05) is 19.7 Å². The molecule has 1 unspecified atom stereocenters. The molecular weight excluding hydrogens is 260 g/mol. The van der Waals surface area contributed by atoms with Gasteiger partial charge in [-0.1, -0.05) is 0 Å². The maximum atomic E-state index is 12.0. The van der Waals surface area contributed by atoms with Crippen LogP contribution in [0.4, 0.5) is 0 Å². The van der Waals surface area contributed by atoms with Crippen molar-refractivity contribution in [2.24, 2.45) is 0 Å². The first kappa shape index (κ1) is 14.6. The molecule has 0 bridgehead atoms. The lowest BCUT2D eigenvalue weighted by atomic mass is 10.3. The van der Waals surface area contributed by atoms with Gasteiger partial charge in [0.2, 0.25) is 10.0 Å². The van der Waals surface area contributed by atoms with E-state index in [1.807, 2.05) is 12.4 Å². The molecule has 0 radical (unpaired) electrons. The highest BCUT2D eigenvalue weighted by molar-refractivity contribution is 7.91. The average Bonchev–Trinajstić information content (AvgIpc) is 2.67. The van der Waals surface area contributed by atoms with Crippen molar-refractivity contribution in [2.45, 2.75) is 23.7 Å². The smallest absolute Gasteiger partial charge is 0.250 e. The van der Waals surface area contributed by atoms with Crippen LogP contribution in [-0.2, 0) is 21.3 Å². The molecule has 0 aliphatic rings. The summed E-state index contributed by atoms with van der Waals surface area (Å²) in [5.41, 5.74) is 0.970. The zero-order valence-corrected chi connectivity index (χ0v) is 11.8. The molecule has 1 rings (SSSR count). The molecule has 0 aliphatic heterocycles. The average molecular weight is 278 g/mol. The Kier molecular flexibility index (Phi) is 5.54. The highest BCUT2D eigenvalue weighted by Crippen LogP contribution is 2.20. The van der Waals surface area contributed by atoms with Gasteiger partial charge in [0.25, 0.3) is 0 Å². The number of nitrogens with one attached hydrogen (secondary N) is 2. The molecule has 0 aromatic carbocycles. The maximum absolute atomic E-state index is 12.0. The van der Waals surface area contributed by atoms with Crippen molar-refractivity contribution in [3.8, 4) is 0 Å². The Morgan fingerprint density at radius 3 is 2.82 bits per heavy atom. The van der Waals surface area contributed by atoms with Gasteiger partial charge < -0.3 is 10.1 Å².